The van der Waals surface area contributed by atoms with Crippen LogP contribution >= 0.6 is 0 Å². The summed E-state index contributed by atoms with van der Waals surface area (Å²) in [7, 11) is 0. The molecule has 3 N–H and O–H groups in total. The fourth-order valence-electron chi connectivity index (χ4n) is 5.38. The number of aryl methyl sites for hydroxylation is 4. The average Bonchev–Trinajstić information content (AvgIpc) is 3.01. The summed E-state index contributed by atoms with van der Waals surface area (Å²) < 4.78 is 19.8. The number of rotatable bonds is 15. The molecule has 1 aromatic carbocycles. The van der Waals surface area contributed by atoms with E-state index in [1.807, 2.05) is 19.1 Å². The van der Waals surface area contributed by atoms with Gasteiger partial charge in [0.05, 0.1) is 11.7 Å². The van der Waals surface area contributed by atoms with Crippen molar-refractivity contribution in [2.24, 2.45) is 0 Å². The Morgan fingerprint density at radius 1 is 1.09 bits per heavy atom. The SMILES string of the molecule is Cc1ccc(OCCN(CCCCc2ccc3c(n2)NCCC3)CC[C@H](Nc2nc(C)nc3cc(F)ccc23)C(=O)O)cn1. The van der Waals surface area contributed by atoms with Gasteiger partial charge in [0, 0.05) is 42.5 Å². The summed E-state index contributed by atoms with van der Waals surface area (Å²) >= 11 is 0. The smallest absolute Gasteiger partial charge is 0.326 e. The molecule has 5 rings (SSSR count). The van der Waals surface area contributed by atoms with Crippen LogP contribution in [0, 0.1) is 19.7 Å². The van der Waals surface area contributed by atoms with Crippen LogP contribution < -0.4 is 15.4 Å². The number of carboxylic acids is 1. The summed E-state index contributed by atoms with van der Waals surface area (Å²) in [5.41, 5.74) is 3.72. The van der Waals surface area contributed by atoms with Gasteiger partial charge in [0.1, 0.15) is 41.7 Å². The van der Waals surface area contributed by atoms with Crippen LogP contribution in [-0.4, -0.2) is 74.7 Å². The van der Waals surface area contributed by atoms with Gasteiger partial charge in [-0.05, 0) is 94.8 Å². The Kier molecular flexibility index (Phi) is 10.5. The molecule has 0 bridgehead atoms. The summed E-state index contributed by atoms with van der Waals surface area (Å²) in [4.78, 5) is 32.4. The molecule has 0 radical (unpaired) electrons. The monoisotopic (exact) mass is 601 g/mol. The summed E-state index contributed by atoms with van der Waals surface area (Å²) in [6.45, 7) is 7.02. The Bertz CT molecular complexity index is 1560. The Labute approximate surface area is 257 Å². The van der Waals surface area contributed by atoms with Crippen LogP contribution in [0.4, 0.5) is 16.0 Å². The van der Waals surface area contributed by atoms with E-state index in [1.54, 1.807) is 19.2 Å². The number of nitrogens with one attached hydrogen (secondary N) is 2. The zero-order valence-electron chi connectivity index (χ0n) is 25.4. The second-order valence-corrected chi connectivity index (χ2v) is 11.2. The third-order valence-corrected chi connectivity index (χ3v) is 7.78. The number of ether oxygens (including phenoxy) is 1. The molecule has 4 aromatic rings. The fourth-order valence-corrected chi connectivity index (χ4v) is 5.38. The van der Waals surface area contributed by atoms with Gasteiger partial charge in [-0.15, -0.1) is 0 Å². The molecule has 44 heavy (non-hydrogen) atoms. The van der Waals surface area contributed by atoms with Crippen molar-refractivity contribution in [1.82, 2.24) is 24.8 Å². The Morgan fingerprint density at radius 3 is 2.80 bits per heavy atom. The number of nitrogens with zero attached hydrogens (tertiary/aromatic N) is 5. The zero-order valence-corrected chi connectivity index (χ0v) is 25.4. The van der Waals surface area contributed by atoms with E-state index in [-0.39, 0.29) is 0 Å². The third-order valence-electron chi connectivity index (χ3n) is 7.78. The first kappa shape index (κ1) is 31.1. The summed E-state index contributed by atoms with van der Waals surface area (Å²) in [5, 5.41) is 17.1. The molecule has 0 unspecified atom stereocenters. The molecule has 1 aliphatic rings. The second kappa shape index (κ2) is 14.9. The van der Waals surface area contributed by atoms with Gasteiger partial charge < -0.3 is 20.5 Å². The van der Waals surface area contributed by atoms with Crippen LogP contribution in [0.5, 0.6) is 5.75 Å². The van der Waals surface area contributed by atoms with Crippen molar-refractivity contribution >= 4 is 28.5 Å². The van der Waals surface area contributed by atoms with Gasteiger partial charge >= 0.3 is 5.97 Å². The fraction of sp³-hybridized carbons (Fsp3) is 0.424. The number of halogens is 1. The maximum atomic E-state index is 13.8. The number of anilines is 2. The van der Waals surface area contributed by atoms with E-state index < -0.39 is 17.8 Å². The van der Waals surface area contributed by atoms with E-state index in [0.29, 0.717) is 54.4 Å². The molecule has 0 amide bonds. The van der Waals surface area contributed by atoms with Crippen LogP contribution in [0.3, 0.4) is 0 Å². The molecule has 1 aliphatic heterocycles. The lowest BCUT2D eigenvalue weighted by Crippen LogP contribution is -2.37. The van der Waals surface area contributed by atoms with E-state index in [0.717, 1.165) is 62.4 Å². The number of pyridine rings is 2. The molecular weight excluding hydrogens is 561 g/mol. The predicted octanol–water partition coefficient (Wildman–Crippen LogP) is 5.19. The number of fused-ring (bicyclic) bond motifs is 2. The quantitative estimate of drug-likeness (QED) is 0.157. The van der Waals surface area contributed by atoms with Crippen molar-refractivity contribution < 1.29 is 19.0 Å². The first-order valence-electron chi connectivity index (χ1n) is 15.3. The molecule has 232 valence electrons. The van der Waals surface area contributed by atoms with Gasteiger partial charge in [-0.3, -0.25) is 9.88 Å². The van der Waals surface area contributed by atoms with Gasteiger partial charge in [0.2, 0.25) is 0 Å². The third kappa shape index (κ3) is 8.59. The van der Waals surface area contributed by atoms with Crippen molar-refractivity contribution in [3.8, 4) is 5.75 Å². The number of carbonyl (C=O) groups is 1. The molecule has 0 saturated heterocycles. The minimum Gasteiger partial charge on any atom is -0.491 e. The number of hydrogen-bond donors (Lipinski definition) is 3. The number of aromatic nitrogens is 4. The van der Waals surface area contributed by atoms with Crippen molar-refractivity contribution in [1.29, 1.82) is 0 Å². The molecule has 10 nitrogen and oxygen atoms in total. The number of aliphatic carboxylic acids is 1. The van der Waals surface area contributed by atoms with Gasteiger partial charge in [0.15, 0.2) is 0 Å². The van der Waals surface area contributed by atoms with Gasteiger partial charge in [-0.25, -0.2) is 24.1 Å². The van der Waals surface area contributed by atoms with Gasteiger partial charge in [0.25, 0.3) is 0 Å². The first-order chi connectivity index (χ1) is 21.3. The predicted molar refractivity (Wildman–Crippen MR) is 169 cm³/mol. The highest BCUT2D eigenvalue weighted by molar-refractivity contribution is 5.91. The van der Waals surface area contributed by atoms with Crippen molar-refractivity contribution in [3.63, 3.8) is 0 Å². The minimum atomic E-state index is -0.981. The number of carboxylic acid groups (broad SMARTS) is 1. The van der Waals surface area contributed by atoms with E-state index in [9.17, 15) is 14.3 Å². The number of unbranched alkanes of at least 4 members (excludes halogenated alkanes) is 1. The summed E-state index contributed by atoms with van der Waals surface area (Å²) in [6, 6.07) is 11.5. The highest BCUT2D eigenvalue weighted by Crippen LogP contribution is 2.23. The normalized spacial score (nSPS) is 13.4. The molecule has 1 atom stereocenters. The topological polar surface area (TPSA) is 125 Å². The first-order valence-corrected chi connectivity index (χ1v) is 15.3. The molecule has 11 heteroatoms. The Morgan fingerprint density at radius 2 is 1.98 bits per heavy atom. The van der Waals surface area contributed by atoms with Crippen molar-refractivity contribution in [3.05, 3.63) is 77.3 Å². The standard InChI is InChI=1S/C33H40FN7O3/c1-22-8-12-27(21-36-22)44-19-18-41(16-4-3-7-26-11-9-24-6-5-15-35-31(24)39-26)17-14-29(33(42)43)40-32-28-13-10-25(34)20-30(28)37-23(2)38-32/h8-13,20-21,29H,3-7,14-19H2,1-2H3,(H,35,39)(H,42,43)(H,37,38,40)/t29-/m0/s1. The largest absolute Gasteiger partial charge is 0.491 e. The van der Waals surface area contributed by atoms with Crippen LogP contribution in [0.1, 0.15) is 48.5 Å². The number of hydrogen-bond acceptors (Lipinski definition) is 9. The lowest BCUT2D eigenvalue weighted by atomic mass is 10.1. The zero-order chi connectivity index (χ0) is 30.9. The molecule has 0 fully saturated rings. The maximum absolute atomic E-state index is 13.8. The maximum Gasteiger partial charge on any atom is 0.326 e. The van der Waals surface area contributed by atoms with Crippen LogP contribution in [-0.2, 0) is 17.6 Å². The van der Waals surface area contributed by atoms with Crippen molar-refractivity contribution in [2.75, 3.05) is 43.4 Å². The minimum absolute atomic E-state index is 0.338. The Hall–Kier alpha value is -4.38. The van der Waals surface area contributed by atoms with Crippen molar-refractivity contribution in [2.45, 2.75) is 58.4 Å². The lowest BCUT2D eigenvalue weighted by molar-refractivity contribution is -0.138. The van der Waals surface area contributed by atoms with Gasteiger partial charge in [-0.2, -0.15) is 0 Å². The average molecular weight is 602 g/mol. The van der Waals surface area contributed by atoms with Crippen LogP contribution in [0.25, 0.3) is 10.9 Å². The summed E-state index contributed by atoms with van der Waals surface area (Å²) in [6.07, 6.45) is 7.05. The van der Waals surface area contributed by atoms with Crippen LogP contribution in [0.2, 0.25) is 0 Å². The van der Waals surface area contributed by atoms with E-state index in [4.69, 9.17) is 9.72 Å². The second-order valence-electron chi connectivity index (χ2n) is 11.2. The molecule has 4 heterocycles. The summed E-state index contributed by atoms with van der Waals surface area (Å²) in [5.74, 6) is 1.15. The van der Waals surface area contributed by atoms with E-state index in [2.05, 4.69) is 42.6 Å². The molecule has 0 aliphatic carbocycles. The van der Waals surface area contributed by atoms with E-state index in [1.165, 1.54) is 17.7 Å². The molecule has 0 saturated carbocycles. The lowest BCUT2D eigenvalue weighted by Gasteiger charge is -2.25. The van der Waals surface area contributed by atoms with Crippen LogP contribution in [0.15, 0.2) is 48.7 Å². The number of benzene rings is 1. The molecule has 3 aromatic heterocycles. The Balaban J connectivity index is 1.20. The highest BCUT2D eigenvalue weighted by atomic mass is 19.1. The van der Waals surface area contributed by atoms with E-state index >= 15 is 0 Å². The highest BCUT2D eigenvalue weighted by Gasteiger charge is 2.21. The molecular formula is C33H40FN7O3. The van der Waals surface area contributed by atoms with Gasteiger partial charge in [-0.1, -0.05) is 6.07 Å². The molecule has 0 spiro atoms.